The molecule has 0 bridgehead atoms. The number of phenols is 1. The summed E-state index contributed by atoms with van der Waals surface area (Å²) in [6.07, 6.45) is 0. The second kappa shape index (κ2) is 5.64. The van der Waals surface area contributed by atoms with Crippen molar-refractivity contribution in [2.45, 2.75) is 11.8 Å². The third-order valence-electron chi connectivity index (χ3n) is 2.80. The number of rotatable bonds is 3. The van der Waals surface area contributed by atoms with Crippen LogP contribution in [0.3, 0.4) is 0 Å². The summed E-state index contributed by atoms with van der Waals surface area (Å²) in [5, 5.41) is 18.2. The van der Waals surface area contributed by atoms with Crippen molar-refractivity contribution in [1.82, 2.24) is 0 Å². The van der Waals surface area contributed by atoms with Crippen molar-refractivity contribution in [2.24, 2.45) is 0 Å². The molecule has 0 fully saturated rings. The lowest BCUT2D eigenvalue weighted by atomic mass is 10.2. The first kappa shape index (κ1) is 15.2. The topological polar surface area (TPSA) is 90.2 Å². The number of phenolic OH excluding ortho intramolecular Hbond substituents is 1. The van der Waals surface area contributed by atoms with Crippen molar-refractivity contribution in [3.63, 3.8) is 0 Å². The molecule has 2 rings (SSSR count). The van der Waals surface area contributed by atoms with Crippen LogP contribution in [0.4, 0.5) is 5.69 Å². The second-order valence-corrected chi connectivity index (χ2v) is 6.42. The molecule has 21 heavy (non-hydrogen) atoms. The maximum atomic E-state index is 12.4. The zero-order valence-electron chi connectivity index (χ0n) is 11.0. The van der Waals surface area contributed by atoms with Gasteiger partial charge in [0, 0.05) is 6.07 Å². The van der Waals surface area contributed by atoms with Gasteiger partial charge in [-0.25, -0.2) is 8.42 Å². The van der Waals surface area contributed by atoms with Crippen molar-refractivity contribution in [3.05, 3.63) is 52.5 Å². The Bertz CT molecular complexity index is 842. The molecule has 0 aromatic heterocycles. The fourth-order valence-corrected chi connectivity index (χ4v) is 3.38. The molecule has 0 aliphatic heterocycles. The lowest BCUT2D eigenvalue weighted by Gasteiger charge is -2.12. The summed E-state index contributed by atoms with van der Waals surface area (Å²) in [6.45, 7) is 1.63. The molecule has 7 heteroatoms. The molecule has 0 atom stereocenters. The highest BCUT2D eigenvalue weighted by Gasteiger charge is 2.19. The Hall–Kier alpha value is -2.23. The maximum absolute atomic E-state index is 12.4. The van der Waals surface area contributed by atoms with E-state index >= 15 is 0 Å². The number of hydrogen-bond acceptors (Lipinski definition) is 4. The van der Waals surface area contributed by atoms with Gasteiger partial charge >= 0.3 is 0 Å². The number of nitrogens with zero attached hydrogens (tertiary/aromatic N) is 1. The Kier molecular flexibility index (Phi) is 4.07. The van der Waals surface area contributed by atoms with E-state index in [2.05, 4.69) is 4.72 Å². The second-order valence-electron chi connectivity index (χ2n) is 4.36. The van der Waals surface area contributed by atoms with Crippen molar-refractivity contribution in [3.8, 4) is 11.8 Å². The Morgan fingerprint density at radius 2 is 1.95 bits per heavy atom. The van der Waals surface area contributed by atoms with Gasteiger partial charge in [0.05, 0.1) is 27.2 Å². The van der Waals surface area contributed by atoms with Crippen LogP contribution in [0, 0.1) is 18.3 Å². The molecule has 2 aromatic carbocycles. The van der Waals surface area contributed by atoms with Gasteiger partial charge in [0.25, 0.3) is 10.0 Å². The highest BCUT2D eigenvalue weighted by molar-refractivity contribution is 7.92. The van der Waals surface area contributed by atoms with E-state index in [1.54, 1.807) is 19.1 Å². The fourth-order valence-electron chi connectivity index (χ4n) is 1.75. The average Bonchev–Trinajstić information content (AvgIpc) is 2.42. The Labute approximate surface area is 127 Å². The molecule has 0 saturated heterocycles. The van der Waals surface area contributed by atoms with Crippen LogP contribution in [0.2, 0.25) is 5.02 Å². The third kappa shape index (κ3) is 3.27. The summed E-state index contributed by atoms with van der Waals surface area (Å²) in [6, 6.07) is 10.2. The van der Waals surface area contributed by atoms with E-state index in [9.17, 15) is 13.5 Å². The number of nitriles is 1. The van der Waals surface area contributed by atoms with Gasteiger partial charge in [0.1, 0.15) is 5.75 Å². The van der Waals surface area contributed by atoms with Gasteiger partial charge in [0.2, 0.25) is 0 Å². The number of aryl methyl sites for hydroxylation is 1. The van der Waals surface area contributed by atoms with Crippen molar-refractivity contribution >= 4 is 27.3 Å². The standard InChI is InChI=1S/C14H11ClN2O3S/c1-9-2-3-10(8-16)6-14(9)21(19,20)17-13-5-4-11(18)7-12(13)15/h2-7,17-18H,1H3. The van der Waals surface area contributed by atoms with E-state index in [1.807, 2.05) is 6.07 Å². The molecule has 5 nitrogen and oxygen atoms in total. The van der Waals surface area contributed by atoms with Gasteiger partial charge in [-0.15, -0.1) is 0 Å². The number of benzene rings is 2. The van der Waals surface area contributed by atoms with E-state index in [4.69, 9.17) is 16.9 Å². The minimum absolute atomic E-state index is 0.00527. The highest BCUT2D eigenvalue weighted by atomic mass is 35.5. The number of nitrogens with one attached hydrogen (secondary N) is 1. The lowest BCUT2D eigenvalue weighted by molar-refractivity contribution is 0.475. The average molecular weight is 323 g/mol. The van der Waals surface area contributed by atoms with Gasteiger partial charge in [-0.3, -0.25) is 4.72 Å². The van der Waals surface area contributed by atoms with Crippen LogP contribution in [0.1, 0.15) is 11.1 Å². The molecule has 0 radical (unpaired) electrons. The first-order chi connectivity index (χ1) is 9.83. The smallest absolute Gasteiger partial charge is 0.262 e. The van der Waals surface area contributed by atoms with Crippen molar-refractivity contribution in [1.29, 1.82) is 5.26 Å². The molecule has 2 N–H and O–H groups in total. The van der Waals surface area contributed by atoms with E-state index in [-0.39, 0.29) is 26.9 Å². The number of hydrogen-bond donors (Lipinski definition) is 2. The summed E-state index contributed by atoms with van der Waals surface area (Å²) in [5.74, 6) is -0.0643. The van der Waals surface area contributed by atoms with Crippen LogP contribution in [-0.4, -0.2) is 13.5 Å². The van der Waals surface area contributed by atoms with Crippen LogP contribution in [-0.2, 0) is 10.0 Å². The molecule has 108 valence electrons. The van der Waals surface area contributed by atoms with E-state index in [1.165, 1.54) is 24.3 Å². The normalized spacial score (nSPS) is 10.9. The first-order valence-electron chi connectivity index (χ1n) is 5.85. The molecule has 2 aromatic rings. The third-order valence-corrected chi connectivity index (χ3v) is 4.62. The van der Waals surface area contributed by atoms with Crippen LogP contribution < -0.4 is 4.72 Å². The maximum Gasteiger partial charge on any atom is 0.262 e. The number of halogens is 1. The predicted molar refractivity (Wildman–Crippen MR) is 79.8 cm³/mol. The summed E-state index contributed by atoms with van der Waals surface area (Å²) in [7, 11) is -3.88. The van der Waals surface area contributed by atoms with Crippen molar-refractivity contribution in [2.75, 3.05) is 4.72 Å². The Balaban J connectivity index is 2.46. The predicted octanol–water partition coefficient (Wildman–Crippen LogP) is 3.03. The van der Waals surface area contributed by atoms with Crippen LogP contribution in [0.5, 0.6) is 5.75 Å². The quantitative estimate of drug-likeness (QED) is 0.850. The van der Waals surface area contributed by atoms with Crippen molar-refractivity contribution < 1.29 is 13.5 Å². The minimum atomic E-state index is -3.88. The van der Waals surface area contributed by atoms with E-state index in [0.717, 1.165) is 0 Å². The molecule has 0 spiro atoms. The van der Waals surface area contributed by atoms with E-state index in [0.29, 0.717) is 5.56 Å². The number of aromatic hydroxyl groups is 1. The molecule has 0 aliphatic rings. The molecule has 0 amide bonds. The zero-order valence-corrected chi connectivity index (χ0v) is 12.5. The summed E-state index contributed by atoms with van der Waals surface area (Å²) < 4.78 is 27.1. The monoisotopic (exact) mass is 322 g/mol. The summed E-state index contributed by atoms with van der Waals surface area (Å²) in [5.41, 5.74) is 0.908. The van der Waals surface area contributed by atoms with E-state index < -0.39 is 10.0 Å². The largest absolute Gasteiger partial charge is 0.508 e. The van der Waals surface area contributed by atoms with Gasteiger partial charge in [-0.1, -0.05) is 17.7 Å². The highest BCUT2D eigenvalue weighted by Crippen LogP contribution is 2.28. The Morgan fingerprint density at radius 3 is 2.57 bits per heavy atom. The number of anilines is 1. The molecule has 0 aliphatic carbocycles. The summed E-state index contributed by atoms with van der Waals surface area (Å²) >= 11 is 5.88. The SMILES string of the molecule is Cc1ccc(C#N)cc1S(=O)(=O)Nc1ccc(O)cc1Cl. The summed E-state index contributed by atoms with van der Waals surface area (Å²) in [4.78, 5) is 0.00527. The van der Waals surface area contributed by atoms with Crippen LogP contribution in [0.25, 0.3) is 0 Å². The molecular formula is C14H11ClN2O3S. The minimum Gasteiger partial charge on any atom is -0.508 e. The number of sulfonamides is 1. The molecule has 0 unspecified atom stereocenters. The molecule has 0 saturated carbocycles. The van der Waals surface area contributed by atoms with Gasteiger partial charge in [-0.2, -0.15) is 5.26 Å². The first-order valence-corrected chi connectivity index (χ1v) is 7.71. The zero-order chi connectivity index (χ0) is 15.6. The fraction of sp³-hybridized carbons (Fsp3) is 0.0714. The molecule has 0 heterocycles. The van der Waals surface area contributed by atoms with Gasteiger partial charge in [-0.05, 0) is 36.8 Å². The van der Waals surface area contributed by atoms with Gasteiger partial charge in [0.15, 0.2) is 0 Å². The van der Waals surface area contributed by atoms with Crippen LogP contribution in [0.15, 0.2) is 41.3 Å². The van der Waals surface area contributed by atoms with Gasteiger partial charge < -0.3 is 5.11 Å². The Morgan fingerprint density at radius 1 is 1.24 bits per heavy atom. The van der Waals surface area contributed by atoms with Crippen LogP contribution >= 0.6 is 11.6 Å². The molecular weight excluding hydrogens is 312 g/mol. The lowest BCUT2D eigenvalue weighted by Crippen LogP contribution is -2.14.